The molecule has 2 N–H and O–H groups in total. The van der Waals surface area contributed by atoms with E-state index in [-0.39, 0.29) is 6.03 Å². The van der Waals surface area contributed by atoms with E-state index in [1.54, 1.807) is 7.11 Å². The zero-order valence-corrected chi connectivity index (χ0v) is 13.9. The first-order valence-electron chi connectivity index (χ1n) is 6.61. The van der Waals surface area contributed by atoms with Gasteiger partial charge in [-0.25, -0.2) is 4.79 Å². The van der Waals surface area contributed by atoms with Crippen LogP contribution >= 0.6 is 22.6 Å². The van der Waals surface area contributed by atoms with Crippen LogP contribution in [0.3, 0.4) is 0 Å². The molecule has 0 fully saturated rings. The molecule has 110 valence electrons. The number of methoxy groups -OCH3 is 1. The monoisotopic (exact) mass is 396 g/mol. The van der Waals surface area contributed by atoms with E-state index in [1.165, 1.54) is 0 Å². The molecule has 0 saturated carbocycles. The predicted molar refractivity (Wildman–Crippen MR) is 92.9 cm³/mol. The molecule has 4 nitrogen and oxygen atoms in total. The Labute approximate surface area is 138 Å². The number of carbonyl (C=O) groups is 1. The van der Waals surface area contributed by atoms with Gasteiger partial charge in [-0.15, -0.1) is 0 Å². The SMILES string of the molecule is COc1cccc(CCNC(=O)Nc2ccc(I)cc2)c1. The van der Waals surface area contributed by atoms with Gasteiger partial charge in [0, 0.05) is 15.8 Å². The lowest BCUT2D eigenvalue weighted by molar-refractivity contribution is 0.252. The number of nitrogens with one attached hydrogen (secondary N) is 2. The molecule has 2 aromatic carbocycles. The molecule has 2 rings (SSSR count). The fraction of sp³-hybridized carbons (Fsp3) is 0.188. The Hall–Kier alpha value is -1.76. The molecule has 0 aliphatic carbocycles. The van der Waals surface area contributed by atoms with E-state index in [0.29, 0.717) is 6.54 Å². The number of amides is 2. The molecule has 0 unspecified atom stereocenters. The van der Waals surface area contributed by atoms with Gasteiger partial charge in [0.2, 0.25) is 0 Å². The number of urea groups is 1. The van der Waals surface area contributed by atoms with Crippen LogP contribution in [0.4, 0.5) is 10.5 Å². The maximum atomic E-state index is 11.8. The summed E-state index contributed by atoms with van der Waals surface area (Å²) in [6.07, 6.45) is 0.761. The molecule has 0 saturated heterocycles. The van der Waals surface area contributed by atoms with E-state index in [9.17, 15) is 4.79 Å². The third kappa shape index (κ3) is 5.26. The van der Waals surface area contributed by atoms with Crippen molar-refractivity contribution in [2.24, 2.45) is 0 Å². The molecule has 0 atom stereocenters. The van der Waals surface area contributed by atoms with E-state index in [1.807, 2.05) is 48.5 Å². The Kier molecular flexibility index (Phi) is 5.86. The summed E-state index contributed by atoms with van der Waals surface area (Å²) in [4.78, 5) is 11.8. The second-order valence-electron chi connectivity index (χ2n) is 4.49. The highest BCUT2D eigenvalue weighted by Gasteiger charge is 2.02. The van der Waals surface area contributed by atoms with Crippen molar-refractivity contribution >= 4 is 34.3 Å². The minimum atomic E-state index is -0.195. The number of rotatable bonds is 5. The topological polar surface area (TPSA) is 50.4 Å². The largest absolute Gasteiger partial charge is 0.497 e. The molecule has 0 bridgehead atoms. The first-order chi connectivity index (χ1) is 10.2. The van der Waals surface area contributed by atoms with Gasteiger partial charge in [0.25, 0.3) is 0 Å². The van der Waals surface area contributed by atoms with Crippen molar-refractivity contribution in [1.29, 1.82) is 0 Å². The molecule has 0 aliphatic rings. The van der Waals surface area contributed by atoms with Crippen molar-refractivity contribution in [3.63, 3.8) is 0 Å². The van der Waals surface area contributed by atoms with Gasteiger partial charge in [0.05, 0.1) is 7.11 Å². The fourth-order valence-corrected chi connectivity index (χ4v) is 2.22. The summed E-state index contributed by atoms with van der Waals surface area (Å²) in [7, 11) is 1.64. The van der Waals surface area contributed by atoms with Crippen LogP contribution in [0, 0.1) is 3.57 Å². The van der Waals surface area contributed by atoms with Gasteiger partial charge < -0.3 is 15.4 Å². The van der Waals surface area contributed by atoms with Crippen molar-refractivity contribution in [3.8, 4) is 5.75 Å². The van der Waals surface area contributed by atoms with Gasteiger partial charge >= 0.3 is 6.03 Å². The number of hydrogen-bond donors (Lipinski definition) is 2. The summed E-state index contributed by atoms with van der Waals surface area (Å²) in [6.45, 7) is 0.573. The molecule has 0 radical (unpaired) electrons. The summed E-state index contributed by atoms with van der Waals surface area (Å²) >= 11 is 2.23. The maximum Gasteiger partial charge on any atom is 0.319 e. The maximum absolute atomic E-state index is 11.8. The number of anilines is 1. The van der Waals surface area contributed by atoms with Crippen LogP contribution in [0.1, 0.15) is 5.56 Å². The lowest BCUT2D eigenvalue weighted by atomic mass is 10.1. The number of ether oxygens (including phenoxy) is 1. The quantitative estimate of drug-likeness (QED) is 0.758. The molecular formula is C16H17IN2O2. The van der Waals surface area contributed by atoms with Gasteiger partial charge in [-0.2, -0.15) is 0 Å². The Morgan fingerprint density at radius 2 is 1.95 bits per heavy atom. The van der Waals surface area contributed by atoms with E-state index in [2.05, 4.69) is 33.2 Å². The van der Waals surface area contributed by atoms with Crippen molar-refractivity contribution in [1.82, 2.24) is 5.32 Å². The Morgan fingerprint density at radius 1 is 1.19 bits per heavy atom. The summed E-state index contributed by atoms with van der Waals surface area (Å²) in [5.41, 5.74) is 1.92. The normalized spacial score (nSPS) is 10.0. The highest BCUT2D eigenvalue weighted by atomic mass is 127. The fourth-order valence-electron chi connectivity index (χ4n) is 1.86. The third-order valence-corrected chi connectivity index (χ3v) is 3.65. The number of benzene rings is 2. The van der Waals surface area contributed by atoms with E-state index < -0.39 is 0 Å². The second-order valence-corrected chi connectivity index (χ2v) is 5.73. The van der Waals surface area contributed by atoms with Crippen LogP contribution in [-0.4, -0.2) is 19.7 Å². The standard InChI is InChI=1S/C16H17IN2O2/c1-21-15-4-2-3-12(11-15)9-10-18-16(20)19-14-7-5-13(17)6-8-14/h2-8,11H,9-10H2,1H3,(H2,18,19,20). The molecule has 0 heterocycles. The lowest BCUT2D eigenvalue weighted by Crippen LogP contribution is -2.30. The van der Waals surface area contributed by atoms with Gasteiger partial charge in [0.15, 0.2) is 0 Å². The first kappa shape index (κ1) is 15.6. The smallest absolute Gasteiger partial charge is 0.319 e. The van der Waals surface area contributed by atoms with Crippen LogP contribution in [0.25, 0.3) is 0 Å². The lowest BCUT2D eigenvalue weighted by Gasteiger charge is -2.08. The summed E-state index contributed by atoms with van der Waals surface area (Å²) < 4.78 is 6.31. The number of hydrogen-bond acceptors (Lipinski definition) is 2. The van der Waals surface area contributed by atoms with Crippen molar-refractivity contribution in [2.45, 2.75) is 6.42 Å². The van der Waals surface area contributed by atoms with Gasteiger partial charge in [-0.1, -0.05) is 12.1 Å². The molecule has 21 heavy (non-hydrogen) atoms. The van der Waals surface area contributed by atoms with Gasteiger partial charge in [-0.05, 0) is 71.0 Å². The summed E-state index contributed by atoms with van der Waals surface area (Å²) in [5, 5.41) is 5.64. The van der Waals surface area contributed by atoms with Crippen LogP contribution in [0.2, 0.25) is 0 Å². The first-order valence-corrected chi connectivity index (χ1v) is 7.68. The zero-order chi connectivity index (χ0) is 15.1. The molecule has 0 aromatic heterocycles. The van der Waals surface area contributed by atoms with Crippen molar-refractivity contribution in [3.05, 3.63) is 57.7 Å². The minimum absolute atomic E-state index is 0.195. The average molecular weight is 396 g/mol. The number of halogens is 1. The second kappa shape index (κ2) is 7.87. The molecule has 2 aromatic rings. The zero-order valence-electron chi connectivity index (χ0n) is 11.7. The highest BCUT2D eigenvalue weighted by Crippen LogP contribution is 2.13. The van der Waals surface area contributed by atoms with Crippen molar-refractivity contribution in [2.75, 3.05) is 19.0 Å². The summed E-state index contributed by atoms with van der Waals surface area (Å²) in [5.74, 6) is 0.829. The highest BCUT2D eigenvalue weighted by molar-refractivity contribution is 14.1. The minimum Gasteiger partial charge on any atom is -0.497 e. The van der Waals surface area contributed by atoms with Gasteiger partial charge in [-0.3, -0.25) is 0 Å². The number of carbonyl (C=O) groups excluding carboxylic acids is 1. The summed E-state index contributed by atoms with van der Waals surface area (Å²) in [6, 6.07) is 15.3. The molecule has 5 heteroatoms. The van der Waals surface area contributed by atoms with Crippen LogP contribution in [0.15, 0.2) is 48.5 Å². The van der Waals surface area contributed by atoms with Crippen molar-refractivity contribution < 1.29 is 9.53 Å². The Morgan fingerprint density at radius 3 is 2.67 bits per heavy atom. The molecule has 0 spiro atoms. The van der Waals surface area contributed by atoms with Gasteiger partial charge in [0.1, 0.15) is 5.75 Å². The molecule has 2 amide bonds. The van der Waals surface area contributed by atoms with Crippen LogP contribution < -0.4 is 15.4 Å². The van der Waals surface area contributed by atoms with Crippen LogP contribution in [-0.2, 0) is 6.42 Å². The predicted octanol–water partition coefficient (Wildman–Crippen LogP) is 3.66. The van der Waals surface area contributed by atoms with E-state index in [0.717, 1.165) is 27.0 Å². The molecule has 0 aliphatic heterocycles. The Bertz CT molecular complexity index is 599. The van der Waals surface area contributed by atoms with Crippen LogP contribution in [0.5, 0.6) is 5.75 Å². The molecular weight excluding hydrogens is 379 g/mol. The van der Waals surface area contributed by atoms with E-state index in [4.69, 9.17) is 4.74 Å². The average Bonchev–Trinajstić information content (AvgIpc) is 2.50. The third-order valence-electron chi connectivity index (χ3n) is 2.94. The Balaban J connectivity index is 1.77. The van der Waals surface area contributed by atoms with E-state index >= 15 is 0 Å².